The molecule has 0 bridgehead atoms. The lowest BCUT2D eigenvalue weighted by Gasteiger charge is -2.08. The molecule has 0 aliphatic rings. The predicted molar refractivity (Wildman–Crippen MR) is 82.2 cm³/mol. The Balaban J connectivity index is 2.06. The summed E-state index contributed by atoms with van der Waals surface area (Å²) >= 11 is 6.05. The maximum absolute atomic E-state index is 11.2. The second-order valence-corrected chi connectivity index (χ2v) is 4.59. The minimum atomic E-state index is -0.105. The molecule has 0 aliphatic heterocycles. The van der Waals surface area contributed by atoms with Crippen LogP contribution in [0.3, 0.4) is 0 Å². The van der Waals surface area contributed by atoms with E-state index in [9.17, 15) is 4.79 Å². The molecule has 21 heavy (non-hydrogen) atoms. The van der Waals surface area contributed by atoms with Gasteiger partial charge in [-0.2, -0.15) is 0 Å². The molecule has 2 rings (SSSR count). The number of anilines is 3. The lowest BCUT2D eigenvalue weighted by molar-refractivity contribution is -0.115. The fourth-order valence-electron chi connectivity index (χ4n) is 1.59. The van der Waals surface area contributed by atoms with Crippen LogP contribution >= 0.6 is 11.6 Å². The second-order valence-electron chi connectivity index (χ2n) is 4.18. The molecule has 0 atom stereocenters. The van der Waals surface area contributed by atoms with E-state index >= 15 is 0 Å². The van der Waals surface area contributed by atoms with Crippen molar-refractivity contribution in [1.82, 2.24) is 10.2 Å². The summed E-state index contributed by atoms with van der Waals surface area (Å²) < 4.78 is 5.09. The van der Waals surface area contributed by atoms with Gasteiger partial charge in [0.05, 0.1) is 12.1 Å². The number of aromatic nitrogens is 2. The number of nitrogens with one attached hydrogen (secondary N) is 2. The Morgan fingerprint density at radius 3 is 2.52 bits per heavy atom. The minimum Gasteiger partial charge on any atom is -0.495 e. The number of halogens is 1. The number of carbonyl (C=O) groups excluding carboxylic acids is 1. The van der Waals surface area contributed by atoms with Crippen LogP contribution in [-0.4, -0.2) is 23.2 Å². The highest BCUT2D eigenvalue weighted by Gasteiger charge is 2.04. The summed E-state index contributed by atoms with van der Waals surface area (Å²) in [6, 6.07) is 8.70. The third-order valence-corrected chi connectivity index (χ3v) is 2.97. The van der Waals surface area contributed by atoms with Crippen LogP contribution in [0.15, 0.2) is 30.3 Å². The van der Waals surface area contributed by atoms with Gasteiger partial charge in [-0.3, -0.25) is 4.79 Å². The van der Waals surface area contributed by atoms with Crippen molar-refractivity contribution in [3.8, 4) is 5.75 Å². The molecule has 0 saturated carbocycles. The summed E-state index contributed by atoms with van der Waals surface area (Å²) in [5.74, 6) is 1.46. The molecule has 2 N–H and O–H groups in total. The predicted octanol–water partition coefficient (Wildman–Crippen LogP) is 3.23. The van der Waals surface area contributed by atoms with Crippen LogP contribution < -0.4 is 15.4 Å². The van der Waals surface area contributed by atoms with Gasteiger partial charge in [0.2, 0.25) is 5.91 Å². The van der Waals surface area contributed by atoms with Crippen LogP contribution in [0.25, 0.3) is 0 Å². The number of amides is 1. The molecule has 1 heterocycles. The van der Waals surface area contributed by atoms with E-state index in [2.05, 4.69) is 20.8 Å². The van der Waals surface area contributed by atoms with E-state index in [-0.39, 0.29) is 5.91 Å². The summed E-state index contributed by atoms with van der Waals surface area (Å²) in [5.41, 5.74) is 0.764. The molecule has 0 spiro atoms. The topological polar surface area (TPSA) is 76.1 Å². The Morgan fingerprint density at radius 1 is 1.24 bits per heavy atom. The molecule has 0 saturated heterocycles. The Hall–Kier alpha value is -2.34. The molecule has 110 valence electrons. The molecule has 2 aromatic rings. The van der Waals surface area contributed by atoms with Gasteiger partial charge in [-0.05, 0) is 30.3 Å². The number of benzene rings is 1. The Bertz CT molecular complexity index is 631. The molecule has 1 amide bonds. The average molecular weight is 307 g/mol. The fraction of sp³-hybridized carbons (Fsp3) is 0.214. The monoisotopic (exact) mass is 306 g/mol. The Morgan fingerprint density at radius 2 is 1.95 bits per heavy atom. The highest BCUT2D eigenvalue weighted by Crippen LogP contribution is 2.28. The van der Waals surface area contributed by atoms with Gasteiger partial charge in [-0.1, -0.05) is 18.5 Å². The minimum absolute atomic E-state index is 0.105. The average Bonchev–Trinajstić information content (AvgIpc) is 2.49. The standard InChI is InChI=1S/C14H15ClN4O2/c1-3-14(20)17-13-7-6-12(18-19-13)16-9-4-5-11(21-2)10(15)8-9/h4-8H,3H2,1-2H3,(H,16,18)(H,17,19,20). The van der Waals surface area contributed by atoms with Gasteiger partial charge in [-0.15, -0.1) is 10.2 Å². The van der Waals surface area contributed by atoms with Crippen molar-refractivity contribution in [1.29, 1.82) is 0 Å². The number of hydrogen-bond acceptors (Lipinski definition) is 5. The number of ether oxygens (including phenoxy) is 1. The number of nitrogens with zero attached hydrogens (tertiary/aromatic N) is 2. The molecule has 1 aromatic carbocycles. The lowest BCUT2D eigenvalue weighted by atomic mass is 10.3. The zero-order valence-corrected chi connectivity index (χ0v) is 12.4. The van der Waals surface area contributed by atoms with Gasteiger partial charge in [0.1, 0.15) is 5.75 Å². The first-order chi connectivity index (χ1) is 10.1. The van der Waals surface area contributed by atoms with Crippen LogP contribution in [0, 0.1) is 0 Å². The van der Waals surface area contributed by atoms with E-state index in [0.29, 0.717) is 28.8 Å². The van der Waals surface area contributed by atoms with Crippen molar-refractivity contribution in [2.75, 3.05) is 17.7 Å². The summed E-state index contributed by atoms with van der Waals surface area (Å²) in [4.78, 5) is 11.2. The van der Waals surface area contributed by atoms with E-state index < -0.39 is 0 Å². The first-order valence-electron chi connectivity index (χ1n) is 6.36. The van der Waals surface area contributed by atoms with Crippen LogP contribution in [0.2, 0.25) is 5.02 Å². The first kappa shape index (κ1) is 15.1. The van der Waals surface area contributed by atoms with Gasteiger partial charge < -0.3 is 15.4 Å². The molecule has 1 aromatic heterocycles. The Kier molecular flexibility index (Phi) is 4.94. The number of hydrogen-bond donors (Lipinski definition) is 2. The number of carbonyl (C=O) groups is 1. The smallest absolute Gasteiger partial charge is 0.225 e. The van der Waals surface area contributed by atoms with Gasteiger partial charge in [0.15, 0.2) is 11.6 Å². The molecule has 0 radical (unpaired) electrons. The van der Waals surface area contributed by atoms with E-state index in [4.69, 9.17) is 16.3 Å². The van der Waals surface area contributed by atoms with Crippen molar-refractivity contribution >= 4 is 34.8 Å². The molecule has 7 heteroatoms. The maximum atomic E-state index is 11.2. The van der Waals surface area contributed by atoms with Crippen molar-refractivity contribution in [2.24, 2.45) is 0 Å². The highest BCUT2D eigenvalue weighted by molar-refractivity contribution is 6.32. The summed E-state index contributed by atoms with van der Waals surface area (Å²) in [6.45, 7) is 1.77. The van der Waals surface area contributed by atoms with Crippen LogP contribution in [0.1, 0.15) is 13.3 Å². The van der Waals surface area contributed by atoms with Crippen LogP contribution in [0.4, 0.5) is 17.3 Å². The third kappa shape index (κ3) is 4.06. The van der Waals surface area contributed by atoms with E-state index in [1.54, 1.807) is 38.3 Å². The largest absolute Gasteiger partial charge is 0.495 e. The molecule has 0 fully saturated rings. The van der Waals surface area contributed by atoms with Crippen molar-refractivity contribution in [2.45, 2.75) is 13.3 Å². The lowest BCUT2D eigenvalue weighted by Crippen LogP contribution is -2.11. The SMILES string of the molecule is CCC(=O)Nc1ccc(Nc2ccc(OC)c(Cl)c2)nn1. The quantitative estimate of drug-likeness (QED) is 0.887. The normalized spacial score (nSPS) is 10.0. The van der Waals surface area contributed by atoms with Gasteiger partial charge in [-0.25, -0.2) is 0 Å². The molecule has 6 nitrogen and oxygen atoms in total. The van der Waals surface area contributed by atoms with Gasteiger partial charge in [0.25, 0.3) is 0 Å². The molecule has 0 aliphatic carbocycles. The van der Waals surface area contributed by atoms with Gasteiger partial charge >= 0.3 is 0 Å². The molecular weight excluding hydrogens is 292 g/mol. The molecular formula is C14H15ClN4O2. The van der Waals surface area contributed by atoms with Crippen LogP contribution in [-0.2, 0) is 4.79 Å². The Labute approximate surface area is 127 Å². The van der Waals surface area contributed by atoms with E-state index in [0.717, 1.165) is 5.69 Å². The third-order valence-electron chi connectivity index (χ3n) is 2.68. The van der Waals surface area contributed by atoms with Crippen molar-refractivity contribution < 1.29 is 9.53 Å². The van der Waals surface area contributed by atoms with Gasteiger partial charge in [0, 0.05) is 12.1 Å². The highest BCUT2D eigenvalue weighted by atomic mass is 35.5. The van der Waals surface area contributed by atoms with E-state index in [1.807, 2.05) is 6.07 Å². The number of rotatable bonds is 5. The van der Waals surface area contributed by atoms with E-state index in [1.165, 1.54) is 0 Å². The first-order valence-corrected chi connectivity index (χ1v) is 6.74. The van der Waals surface area contributed by atoms with Crippen molar-refractivity contribution in [3.05, 3.63) is 35.4 Å². The summed E-state index contributed by atoms with van der Waals surface area (Å²) in [5, 5.41) is 14.1. The zero-order valence-electron chi connectivity index (χ0n) is 11.7. The number of methoxy groups -OCH3 is 1. The zero-order chi connectivity index (χ0) is 15.2. The fourth-order valence-corrected chi connectivity index (χ4v) is 1.85. The maximum Gasteiger partial charge on any atom is 0.225 e. The molecule has 0 unspecified atom stereocenters. The summed E-state index contributed by atoms with van der Waals surface area (Å²) in [7, 11) is 1.56. The van der Waals surface area contributed by atoms with Crippen LogP contribution in [0.5, 0.6) is 5.75 Å². The summed E-state index contributed by atoms with van der Waals surface area (Å²) in [6.07, 6.45) is 0.395. The second kappa shape index (κ2) is 6.90. The van der Waals surface area contributed by atoms with Crippen molar-refractivity contribution in [3.63, 3.8) is 0 Å².